The van der Waals surface area contributed by atoms with E-state index in [0.717, 1.165) is 0 Å². The lowest BCUT2D eigenvalue weighted by Crippen LogP contribution is -2.42. The fourth-order valence-corrected chi connectivity index (χ4v) is 1.04. The number of halogens is 2. The Labute approximate surface area is 87.0 Å². The van der Waals surface area contributed by atoms with Gasteiger partial charge in [0.05, 0.1) is 6.26 Å². The van der Waals surface area contributed by atoms with Crippen LogP contribution in [-0.4, -0.2) is 23.8 Å². The molecule has 0 aromatic heterocycles. The van der Waals surface area contributed by atoms with Crippen molar-refractivity contribution in [2.24, 2.45) is 5.41 Å². The molecule has 1 aliphatic heterocycles. The maximum absolute atomic E-state index is 12.6. The molecule has 1 amide bonds. The van der Waals surface area contributed by atoms with Gasteiger partial charge in [0.25, 0.3) is 6.43 Å². The van der Waals surface area contributed by atoms with Crippen LogP contribution in [0.5, 0.6) is 0 Å². The Morgan fingerprint density at radius 3 is 2.73 bits per heavy atom. The molecule has 0 unspecified atom stereocenters. The summed E-state index contributed by atoms with van der Waals surface area (Å²) in [6, 6.07) is 0. The molecule has 5 heteroatoms. The van der Waals surface area contributed by atoms with E-state index in [1.165, 1.54) is 37.5 Å². The molecule has 0 atom stereocenters. The first-order valence-electron chi connectivity index (χ1n) is 4.52. The minimum absolute atomic E-state index is 0.242. The summed E-state index contributed by atoms with van der Waals surface area (Å²) in [5, 5.41) is 0. The third-order valence-electron chi connectivity index (χ3n) is 2.15. The predicted octanol–water partition coefficient (Wildman–Crippen LogP) is 2.12. The highest BCUT2D eigenvalue weighted by atomic mass is 19.3. The van der Waals surface area contributed by atoms with E-state index in [-0.39, 0.29) is 6.54 Å². The van der Waals surface area contributed by atoms with Crippen LogP contribution >= 0.6 is 0 Å². The first-order valence-corrected chi connectivity index (χ1v) is 4.52. The Morgan fingerprint density at radius 2 is 2.13 bits per heavy atom. The lowest BCUT2D eigenvalue weighted by atomic mass is 9.92. The van der Waals surface area contributed by atoms with Gasteiger partial charge in [-0.05, 0) is 19.9 Å². The summed E-state index contributed by atoms with van der Waals surface area (Å²) in [6.07, 6.45) is 2.93. The van der Waals surface area contributed by atoms with Crippen molar-refractivity contribution in [3.63, 3.8) is 0 Å². The van der Waals surface area contributed by atoms with Crippen LogP contribution in [0.2, 0.25) is 0 Å². The van der Waals surface area contributed by atoms with E-state index >= 15 is 0 Å². The SMILES string of the molecule is CC(C)(C(=O)N1C=COC=CC1)C(F)F. The second kappa shape index (κ2) is 4.42. The van der Waals surface area contributed by atoms with Crippen LogP contribution in [0.25, 0.3) is 0 Å². The van der Waals surface area contributed by atoms with Crippen molar-refractivity contribution in [3.8, 4) is 0 Å². The van der Waals surface area contributed by atoms with Gasteiger partial charge in [-0.1, -0.05) is 0 Å². The lowest BCUT2D eigenvalue weighted by Gasteiger charge is -2.27. The summed E-state index contributed by atoms with van der Waals surface area (Å²) < 4.78 is 30.0. The van der Waals surface area contributed by atoms with Crippen LogP contribution in [0, 0.1) is 5.41 Å². The molecule has 0 saturated carbocycles. The van der Waals surface area contributed by atoms with Crippen LogP contribution in [-0.2, 0) is 9.53 Å². The highest BCUT2D eigenvalue weighted by molar-refractivity contribution is 5.83. The number of hydrogen-bond acceptors (Lipinski definition) is 2. The molecule has 0 N–H and O–H groups in total. The smallest absolute Gasteiger partial charge is 0.252 e. The second-order valence-electron chi connectivity index (χ2n) is 3.77. The molecule has 3 nitrogen and oxygen atoms in total. The highest BCUT2D eigenvalue weighted by Gasteiger charge is 2.40. The predicted molar refractivity (Wildman–Crippen MR) is 50.9 cm³/mol. The fourth-order valence-electron chi connectivity index (χ4n) is 1.04. The van der Waals surface area contributed by atoms with E-state index in [4.69, 9.17) is 4.74 Å². The molecular weight excluding hydrogens is 204 g/mol. The number of amides is 1. The molecule has 0 bridgehead atoms. The van der Waals surface area contributed by atoms with Gasteiger partial charge in [-0.2, -0.15) is 0 Å². The van der Waals surface area contributed by atoms with Gasteiger partial charge in [0.2, 0.25) is 5.91 Å². The molecule has 0 aromatic carbocycles. The van der Waals surface area contributed by atoms with Gasteiger partial charge in [0.15, 0.2) is 0 Å². The zero-order chi connectivity index (χ0) is 11.5. The monoisotopic (exact) mass is 217 g/mol. The van der Waals surface area contributed by atoms with Crippen molar-refractivity contribution in [3.05, 3.63) is 24.8 Å². The summed E-state index contributed by atoms with van der Waals surface area (Å²) in [4.78, 5) is 12.9. The summed E-state index contributed by atoms with van der Waals surface area (Å²) in [5.74, 6) is -0.621. The van der Waals surface area contributed by atoms with Crippen LogP contribution < -0.4 is 0 Å². The van der Waals surface area contributed by atoms with Crippen LogP contribution in [0.4, 0.5) is 8.78 Å². The Kier molecular flexibility index (Phi) is 3.44. The van der Waals surface area contributed by atoms with Crippen molar-refractivity contribution in [1.29, 1.82) is 0 Å². The van der Waals surface area contributed by atoms with Gasteiger partial charge in [0.1, 0.15) is 11.7 Å². The average molecular weight is 217 g/mol. The summed E-state index contributed by atoms with van der Waals surface area (Å²) >= 11 is 0. The topological polar surface area (TPSA) is 29.5 Å². The number of hydrogen-bond donors (Lipinski definition) is 0. The normalized spacial score (nSPS) is 16.5. The molecule has 1 rings (SSSR count). The summed E-state index contributed by atoms with van der Waals surface area (Å²) in [7, 11) is 0. The molecule has 1 aliphatic rings. The minimum Gasteiger partial charge on any atom is -0.471 e. The summed E-state index contributed by atoms with van der Waals surface area (Å²) in [5.41, 5.74) is -1.68. The van der Waals surface area contributed by atoms with Crippen molar-refractivity contribution in [2.45, 2.75) is 20.3 Å². The van der Waals surface area contributed by atoms with E-state index in [1.807, 2.05) is 0 Å². The van der Waals surface area contributed by atoms with Crippen LogP contribution in [0.3, 0.4) is 0 Å². The zero-order valence-corrected chi connectivity index (χ0v) is 8.61. The maximum Gasteiger partial charge on any atom is 0.252 e. The van der Waals surface area contributed by atoms with Gasteiger partial charge in [-0.3, -0.25) is 4.79 Å². The molecule has 0 radical (unpaired) electrons. The summed E-state index contributed by atoms with van der Waals surface area (Å²) in [6.45, 7) is 2.69. The van der Waals surface area contributed by atoms with Gasteiger partial charge >= 0.3 is 0 Å². The third-order valence-corrected chi connectivity index (χ3v) is 2.15. The van der Waals surface area contributed by atoms with E-state index in [9.17, 15) is 13.6 Å². The molecular formula is C10H13F2NO2. The van der Waals surface area contributed by atoms with Crippen LogP contribution in [0.15, 0.2) is 24.8 Å². The van der Waals surface area contributed by atoms with E-state index in [2.05, 4.69) is 0 Å². The van der Waals surface area contributed by atoms with Crippen molar-refractivity contribution in [1.82, 2.24) is 4.90 Å². The minimum atomic E-state index is -2.69. The Morgan fingerprint density at radius 1 is 1.47 bits per heavy atom. The molecule has 0 aliphatic carbocycles. The molecule has 84 valence electrons. The Balaban J connectivity index is 2.79. The average Bonchev–Trinajstić information content (AvgIpc) is 2.44. The molecule has 0 aromatic rings. The Hall–Kier alpha value is -1.39. The van der Waals surface area contributed by atoms with Gasteiger partial charge < -0.3 is 9.64 Å². The standard InChI is InChI=1S/C10H13F2NO2/c1-10(2,8(11)12)9(14)13-4-3-6-15-7-5-13/h3,5-8H,4H2,1-2H3. The first-order chi connectivity index (χ1) is 6.96. The number of alkyl halides is 2. The van der Waals surface area contributed by atoms with Crippen molar-refractivity contribution in [2.75, 3.05) is 6.54 Å². The largest absolute Gasteiger partial charge is 0.471 e. The molecule has 1 heterocycles. The van der Waals surface area contributed by atoms with E-state index in [1.54, 1.807) is 6.08 Å². The lowest BCUT2D eigenvalue weighted by molar-refractivity contribution is -0.145. The van der Waals surface area contributed by atoms with Gasteiger partial charge in [-0.15, -0.1) is 0 Å². The Bertz CT molecular complexity index is 298. The van der Waals surface area contributed by atoms with Gasteiger partial charge in [-0.25, -0.2) is 8.78 Å². The molecule has 0 fully saturated rings. The first kappa shape index (κ1) is 11.7. The highest BCUT2D eigenvalue weighted by Crippen LogP contribution is 2.27. The fraction of sp³-hybridized carbons (Fsp3) is 0.500. The zero-order valence-electron chi connectivity index (χ0n) is 8.61. The van der Waals surface area contributed by atoms with Crippen LogP contribution in [0.1, 0.15) is 13.8 Å². The molecule has 0 spiro atoms. The third kappa shape index (κ3) is 2.55. The number of rotatable bonds is 2. The maximum atomic E-state index is 12.6. The number of nitrogens with zero attached hydrogens (tertiary/aromatic N) is 1. The number of carbonyl (C=O) groups excluding carboxylic acids is 1. The quantitative estimate of drug-likeness (QED) is 0.709. The number of carbonyl (C=O) groups is 1. The number of ether oxygens (including phenoxy) is 1. The van der Waals surface area contributed by atoms with Crippen molar-refractivity contribution < 1.29 is 18.3 Å². The van der Waals surface area contributed by atoms with E-state index < -0.39 is 17.7 Å². The molecule has 15 heavy (non-hydrogen) atoms. The van der Waals surface area contributed by atoms with Crippen molar-refractivity contribution >= 4 is 5.91 Å². The second-order valence-corrected chi connectivity index (χ2v) is 3.77. The molecule has 0 saturated heterocycles. The van der Waals surface area contributed by atoms with E-state index in [0.29, 0.717) is 0 Å². The van der Waals surface area contributed by atoms with Gasteiger partial charge in [0, 0.05) is 12.7 Å².